The first kappa shape index (κ1) is 16.4. The van der Waals surface area contributed by atoms with Gasteiger partial charge >= 0.3 is 0 Å². The van der Waals surface area contributed by atoms with Crippen molar-refractivity contribution in [2.75, 3.05) is 19.4 Å². The lowest BCUT2D eigenvalue weighted by Crippen LogP contribution is -2.25. The third-order valence-corrected chi connectivity index (χ3v) is 4.26. The highest BCUT2D eigenvalue weighted by Gasteiger charge is 2.05. The number of rotatable bonds is 8. The first-order chi connectivity index (χ1) is 10.8. The van der Waals surface area contributed by atoms with Gasteiger partial charge in [0.15, 0.2) is 0 Å². The van der Waals surface area contributed by atoms with E-state index in [0.29, 0.717) is 19.4 Å². The molecule has 0 bridgehead atoms. The quantitative estimate of drug-likeness (QED) is 0.598. The molecule has 2 aromatic rings. The second-order valence-electron chi connectivity index (χ2n) is 4.82. The van der Waals surface area contributed by atoms with Crippen molar-refractivity contribution in [1.82, 2.24) is 5.32 Å². The number of amides is 1. The molecule has 0 saturated carbocycles. The minimum Gasteiger partial charge on any atom is -0.496 e. The number of ether oxygens (including phenoxy) is 1. The molecule has 1 N–H and O–H groups in total. The van der Waals surface area contributed by atoms with Gasteiger partial charge in [-0.25, -0.2) is 0 Å². The molecule has 0 unspecified atom stereocenters. The van der Waals surface area contributed by atoms with E-state index in [1.54, 1.807) is 18.9 Å². The largest absolute Gasteiger partial charge is 0.496 e. The monoisotopic (exact) mass is 315 g/mol. The van der Waals surface area contributed by atoms with Gasteiger partial charge in [-0.3, -0.25) is 4.79 Å². The summed E-state index contributed by atoms with van der Waals surface area (Å²) < 4.78 is 5.29. The van der Waals surface area contributed by atoms with E-state index in [1.165, 1.54) is 4.90 Å². The summed E-state index contributed by atoms with van der Waals surface area (Å²) in [6, 6.07) is 18.0. The Morgan fingerprint density at radius 1 is 1.09 bits per heavy atom. The minimum atomic E-state index is 0.0829. The van der Waals surface area contributed by atoms with Crippen LogP contribution in [0.4, 0.5) is 0 Å². The Bertz CT molecular complexity index is 587. The number of nitrogens with one attached hydrogen (secondary N) is 1. The number of aryl methyl sites for hydroxylation is 1. The van der Waals surface area contributed by atoms with Crippen LogP contribution >= 0.6 is 11.8 Å². The zero-order chi connectivity index (χ0) is 15.6. The van der Waals surface area contributed by atoms with Crippen LogP contribution in [0.25, 0.3) is 0 Å². The van der Waals surface area contributed by atoms with Gasteiger partial charge in [0.2, 0.25) is 5.91 Å². The predicted molar refractivity (Wildman–Crippen MR) is 91.5 cm³/mol. The van der Waals surface area contributed by atoms with E-state index < -0.39 is 0 Å². The maximum absolute atomic E-state index is 11.9. The van der Waals surface area contributed by atoms with E-state index in [1.807, 2.05) is 42.5 Å². The molecular weight excluding hydrogens is 294 g/mol. The summed E-state index contributed by atoms with van der Waals surface area (Å²) in [5.74, 6) is 1.80. The van der Waals surface area contributed by atoms with Gasteiger partial charge in [-0.2, -0.15) is 0 Å². The summed E-state index contributed by atoms with van der Waals surface area (Å²) in [4.78, 5) is 13.1. The Hall–Kier alpha value is -1.94. The standard InChI is InChI=1S/C18H21NO2S/c1-21-17-10-6-5-7-15(17)11-12-18(20)19-13-14-22-16-8-3-2-4-9-16/h2-10H,11-14H2,1H3,(H,19,20). The number of benzene rings is 2. The van der Waals surface area contributed by atoms with E-state index in [0.717, 1.165) is 17.1 Å². The SMILES string of the molecule is COc1ccccc1CCC(=O)NCCSc1ccccc1. The minimum absolute atomic E-state index is 0.0829. The average molecular weight is 315 g/mol. The van der Waals surface area contributed by atoms with Crippen LogP contribution in [0.2, 0.25) is 0 Å². The summed E-state index contributed by atoms with van der Waals surface area (Å²) in [7, 11) is 1.65. The zero-order valence-corrected chi connectivity index (χ0v) is 13.6. The van der Waals surface area contributed by atoms with Crippen LogP contribution in [0.5, 0.6) is 5.75 Å². The molecule has 0 radical (unpaired) electrons. The molecule has 0 atom stereocenters. The number of thioether (sulfide) groups is 1. The summed E-state index contributed by atoms with van der Waals surface area (Å²) in [6.07, 6.45) is 1.18. The molecule has 2 aromatic carbocycles. The first-order valence-corrected chi connectivity index (χ1v) is 8.34. The first-order valence-electron chi connectivity index (χ1n) is 7.36. The molecule has 0 saturated heterocycles. The van der Waals surface area contributed by atoms with E-state index >= 15 is 0 Å². The summed E-state index contributed by atoms with van der Waals surface area (Å²) in [5, 5.41) is 2.96. The van der Waals surface area contributed by atoms with Crippen LogP contribution < -0.4 is 10.1 Å². The summed E-state index contributed by atoms with van der Waals surface area (Å²) in [5.41, 5.74) is 1.07. The Kier molecular flexibility index (Phi) is 6.84. The number of carbonyl (C=O) groups excluding carboxylic acids is 1. The fourth-order valence-corrected chi connectivity index (χ4v) is 2.91. The van der Waals surface area contributed by atoms with Gasteiger partial charge in [0.05, 0.1) is 7.11 Å². The van der Waals surface area contributed by atoms with Gasteiger partial charge in [0.1, 0.15) is 5.75 Å². The van der Waals surface area contributed by atoms with Gasteiger partial charge in [-0.05, 0) is 30.2 Å². The highest BCUT2D eigenvalue weighted by Crippen LogP contribution is 2.19. The van der Waals surface area contributed by atoms with Crippen LogP contribution in [-0.4, -0.2) is 25.3 Å². The van der Waals surface area contributed by atoms with Crippen molar-refractivity contribution in [2.45, 2.75) is 17.7 Å². The van der Waals surface area contributed by atoms with Crippen LogP contribution in [0.1, 0.15) is 12.0 Å². The molecule has 0 aliphatic carbocycles. The summed E-state index contributed by atoms with van der Waals surface area (Å²) >= 11 is 1.75. The number of carbonyl (C=O) groups is 1. The van der Waals surface area contributed by atoms with Gasteiger partial charge in [-0.15, -0.1) is 11.8 Å². The normalized spacial score (nSPS) is 10.2. The maximum atomic E-state index is 11.9. The number of hydrogen-bond acceptors (Lipinski definition) is 3. The Balaban J connectivity index is 1.66. The Labute approximate surface area is 136 Å². The van der Waals surface area contributed by atoms with Crippen molar-refractivity contribution in [3.8, 4) is 5.75 Å². The van der Waals surface area contributed by atoms with E-state index in [-0.39, 0.29) is 5.91 Å². The highest BCUT2D eigenvalue weighted by molar-refractivity contribution is 7.99. The van der Waals surface area contributed by atoms with E-state index in [9.17, 15) is 4.79 Å². The fourth-order valence-electron chi connectivity index (χ4n) is 2.12. The highest BCUT2D eigenvalue weighted by atomic mass is 32.2. The van der Waals surface area contributed by atoms with Crippen molar-refractivity contribution in [1.29, 1.82) is 0 Å². The van der Waals surface area contributed by atoms with E-state index in [2.05, 4.69) is 17.4 Å². The molecule has 1 amide bonds. The average Bonchev–Trinajstić information content (AvgIpc) is 2.58. The van der Waals surface area contributed by atoms with Gasteiger partial charge in [0, 0.05) is 23.6 Å². The molecule has 0 spiro atoms. The molecule has 22 heavy (non-hydrogen) atoms. The molecule has 0 aliphatic rings. The van der Waals surface area contributed by atoms with Crippen molar-refractivity contribution < 1.29 is 9.53 Å². The second kappa shape index (κ2) is 9.15. The van der Waals surface area contributed by atoms with Crippen molar-refractivity contribution in [3.63, 3.8) is 0 Å². The molecule has 3 nitrogen and oxygen atoms in total. The lowest BCUT2D eigenvalue weighted by molar-refractivity contribution is -0.120. The van der Waals surface area contributed by atoms with E-state index in [4.69, 9.17) is 4.74 Å². The van der Waals surface area contributed by atoms with Crippen LogP contribution in [0, 0.1) is 0 Å². The molecular formula is C18H21NO2S. The number of methoxy groups -OCH3 is 1. The zero-order valence-electron chi connectivity index (χ0n) is 12.7. The third kappa shape index (κ3) is 5.45. The second-order valence-corrected chi connectivity index (χ2v) is 5.99. The molecule has 0 aromatic heterocycles. The summed E-state index contributed by atoms with van der Waals surface area (Å²) in [6.45, 7) is 0.685. The van der Waals surface area contributed by atoms with Crippen LogP contribution in [0.15, 0.2) is 59.5 Å². The maximum Gasteiger partial charge on any atom is 0.220 e. The third-order valence-electron chi connectivity index (χ3n) is 3.25. The van der Waals surface area contributed by atoms with Gasteiger partial charge in [-0.1, -0.05) is 36.4 Å². The van der Waals surface area contributed by atoms with Gasteiger partial charge in [0.25, 0.3) is 0 Å². The molecule has 116 valence electrons. The van der Waals surface area contributed by atoms with Crippen LogP contribution in [-0.2, 0) is 11.2 Å². The van der Waals surface area contributed by atoms with Crippen molar-refractivity contribution in [3.05, 3.63) is 60.2 Å². The molecule has 4 heteroatoms. The lowest BCUT2D eigenvalue weighted by atomic mass is 10.1. The van der Waals surface area contributed by atoms with Crippen molar-refractivity contribution in [2.24, 2.45) is 0 Å². The fraction of sp³-hybridized carbons (Fsp3) is 0.278. The van der Waals surface area contributed by atoms with Gasteiger partial charge < -0.3 is 10.1 Å². The van der Waals surface area contributed by atoms with Crippen LogP contribution in [0.3, 0.4) is 0 Å². The number of hydrogen-bond donors (Lipinski definition) is 1. The molecule has 0 heterocycles. The molecule has 0 fully saturated rings. The predicted octanol–water partition coefficient (Wildman–Crippen LogP) is 3.54. The lowest BCUT2D eigenvalue weighted by Gasteiger charge is -2.08. The van der Waals surface area contributed by atoms with Crippen molar-refractivity contribution >= 4 is 17.7 Å². The Morgan fingerprint density at radius 2 is 1.82 bits per heavy atom. The molecule has 0 aliphatic heterocycles. The molecule has 2 rings (SSSR count). The number of para-hydroxylation sites is 1. The smallest absolute Gasteiger partial charge is 0.220 e. The topological polar surface area (TPSA) is 38.3 Å². The Morgan fingerprint density at radius 3 is 2.59 bits per heavy atom.